The summed E-state index contributed by atoms with van der Waals surface area (Å²) < 4.78 is 2.37. The van der Waals surface area contributed by atoms with Gasteiger partial charge >= 0.3 is 0 Å². The van der Waals surface area contributed by atoms with E-state index in [1.807, 2.05) is 6.07 Å². The first kappa shape index (κ1) is 20.2. The molecule has 160 valence electrons. The predicted octanol–water partition coefficient (Wildman–Crippen LogP) is 1.01. The van der Waals surface area contributed by atoms with Crippen molar-refractivity contribution in [3.05, 3.63) is 33.5 Å². The second-order valence-corrected chi connectivity index (χ2v) is 9.39. The average molecular weight is 459 g/mol. The van der Waals surface area contributed by atoms with Gasteiger partial charge in [-0.15, -0.1) is 11.3 Å². The predicted molar refractivity (Wildman–Crippen MR) is 116 cm³/mol. The van der Waals surface area contributed by atoms with Crippen LogP contribution in [-0.4, -0.2) is 61.9 Å². The molecule has 0 radical (unpaired) electrons. The van der Waals surface area contributed by atoms with E-state index in [0.717, 1.165) is 4.88 Å². The van der Waals surface area contributed by atoms with Crippen molar-refractivity contribution in [3.8, 4) is 11.8 Å². The minimum Gasteiger partial charge on any atom is -0.389 e. The lowest BCUT2D eigenvalue weighted by Crippen LogP contribution is -2.41. The molecule has 2 fully saturated rings. The van der Waals surface area contributed by atoms with Crippen molar-refractivity contribution in [2.24, 2.45) is 11.3 Å². The van der Waals surface area contributed by atoms with Crippen LogP contribution in [0.4, 0.5) is 5.82 Å². The standard InChI is InChI=1S/C20H19ClN6O3S/c1-22-17-13-18(26-12(25-17)6-4-9-3-5-11(21)31-9)27(8-24-13)14-10-7-20(10,19(30)23-2)16(29)15(14)28/h3,5,8,10,14-16,28-29H,7H2,1-2H3,(H,23,30)(H,22,25,26)/t10?,14-,15+,16+,20+/m1/s1. The number of amides is 1. The zero-order chi connectivity index (χ0) is 21.9. The number of hydrogen-bond donors (Lipinski definition) is 4. The third kappa shape index (κ3) is 2.92. The van der Waals surface area contributed by atoms with Crippen LogP contribution >= 0.6 is 22.9 Å². The number of hydrogen-bond acceptors (Lipinski definition) is 8. The van der Waals surface area contributed by atoms with E-state index >= 15 is 0 Å². The number of fused-ring (bicyclic) bond motifs is 2. The Morgan fingerprint density at radius 3 is 2.81 bits per heavy atom. The van der Waals surface area contributed by atoms with Crippen LogP contribution in [0.2, 0.25) is 4.34 Å². The number of imidazole rings is 1. The van der Waals surface area contributed by atoms with Crippen LogP contribution in [0.1, 0.15) is 23.2 Å². The van der Waals surface area contributed by atoms with Gasteiger partial charge < -0.3 is 25.4 Å². The van der Waals surface area contributed by atoms with Gasteiger partial charge in [0.15, 0.2) is 17.0 Å². The van der Waals surface area contributed by atoms with Crippen molar-refractivity contribution in [2.45, 2.75) is 24.7 Å². The van der Waals surface area contributed by atoms with Crippen LogP contribution in [0.25, 0.3) is 11.2 Å². The van der Waals surface area contributed by atoms with Gasteiger partial charge in [0.05, 0.1) is 33.1 Å². The largest absolute Gasteiger partial charge is 0.389 e. The molecule has 0 bridgehead atoms. The first-order valence-corrected chi connectivity index (χ1v) is 10.9. The molecule has 2 aliphatic carbocycles. The van der Waals surface area contributed by atoms with Crippen molar-refractivity contribution >= 4 is 45.8 Å². The van der Waals surface area contributed by atoms with Crippen LogP contribution in [0, 0.1) is 23.2 Å². The van der Waals surface area contributed by atoms with Crippen LogP contribution in [0.3, 0.4) is 0 Å². The number of carbonyl (C=O) groups excluding carboxylic acids is 1. The van der Waals surface area contributed by atoms with Crippen LogP contribution in [0.15, 0.2) is 18.5 Å². The topological polar surface area (TPSA) is 125 Å². The Morgan fingerprint density at radius 2 is 2.13 bits per heavy atom. The molecule has 5 atom stereocenters. The van der Waals surface area contributed by atoms with Crippen molar-refractivity contribution in [2.75, 3.05) is 19.4 Å². The van der Waals surface area contributed by atoms with Gasteiger partial charge in [0, 0.05) is 20.0 Å². The fourth-order valence-electron chi connectivity index (χ4n) is 4.65. The number of aliphatic hydroxyl groups excluding tert-OH is 2. The highest BCUT2D eigenvalue weighted by Gasteiger charge is 2.75. The lowest BCUT2D eigenvalue weighted by molar-refractivity contribution is -0.132. The zero-order valence-electron chi connectivity index (χ0n) is 16.6. The fraction of sp³-hybridized carbons (Fsp3) is 0.400. The molecule has 0 aliphatic heterocycles. The van der Waals surface area contributed by atoms with Gasteiger partial charge in [-0.3, -0.25) is 4.79 Å². The van der Waals surface area contributed by atoms with Crippen LogP contribution in [-0.2, 0) is 4.79 Å². The summed E-state index contributed by atoms with van der Waals surface area (Å²) >= 11 is 7.32. The molecule has 2 aliphatic rings. The number of thiophene rings is 1. The molecule has 3 aromatic rings. The number of rotatable bonds is 3. The third-order valence-electron chi connectivity index (χ3n) is 6.17. The Balaban J connectivity index is 1.58. The number of nitrogens with zero attached hydrogens (tertiary/aromatic N) is 4. The lowest BCUT2D eigenvalue weighted by Gasteiger charge is -2.23. The molecule has 0 spiro atoms. The van der Waals surface area contributed by atoms with Crippen LogP contribution < -0.4 is 10.6 Å². The van der Waals surface area contributed by atoms with Crippen molar-refractivity contribution in [3.63, 3.8) is 0 Å². The maximum atomic E-state index is 12.4. The SMILES string of the molecule is CNC(=O)[C@@]12CC1[C@@H](n1cnc3c(NC)nc(C#Cc4ccc(Cl)s4)nc31)[C@H](O)[C@@H]2O. The summed E-state index contributed by atoms with van der Waals surface area (Å²) in [6.07, 6.45) is -0.224. The zero-order valence-corrected chi connectivity index (χ0v) is 18.2. The molecule has 3 heterocycles. The quantitative estimate of drug-likeness (QED) is 0.432. The molecule has 5 rings (SSSR count). The molecule has 3 aromatic heterocycles. The molecule has 4 N–H and O–H groups in total. The molecule has 1 amide bonds. The Hall–Kier alpha value is -2.71. The number of nitrogens with one attached hydrogen (secondary N) is 2. The summed E-state index contributed by atoms with van der Waals surface area (Å²) in [5.74, 6) is 6.25. The van der Waals surface area contributed by atoms with E-state index < -0.39 is 23.7 Å². The molecular weight excluding hydrogens is 440 g/mol. The van der Waals surface area contributed by atoms with Gasteiger partial charge in [0.25, 0.3) is 0 Å². The minimum absolute atomic E-state index is 0.217. The highest BCUT2D eigenvalue weighted by molar-refractivity contribution is 7.16. The number of aromatic nitrogens is 4. The molecule has 0 aromatic carbocycles. The fourth-order valence-corrected chi connectivity index (χ4v) is 5.55. The molecule has 0 saturated heterocycles. The van der Waals surface area contributed by atoms with E-state index in [-0.39, 0.29) is 17.6 Å². The normalized spacial score (nSPS) is 28.7. The maximum Gasteiger partial charge on any atom is 0.229 e. The number of anilines is 1. The number of halogens is 1. The summed E-state index contributed by atoms with van der Waals surface area (Å²) in [6, 6.07) is 3.06. The van der Waals surface area contributed by atoms with Crippen molar-refractivity contribution in [1.29, 1.82) is 0 Å². The lowest BCUT2D eigenvalue weighted by atomic mass is 9.98. The first-order chi connectivity index (χ1) is 14.9. The Labute approximate surface area is 186 Å². The highest BCUT2D eigenvalue weighted by Crippen LogP contribution is 2.67. The van der Waals surface area contributed by atoms with Gasteiger partial charge in [-0.1, -0.05) is 11.6 Å². The summed E-state index contributed by atoms with van der Waals surface area (Å²) in [6.45, 7) is 0. The summed E-state index contributed by atoms with van der Waals surface area (Å²) in [5.41, 5.74) is 0.0192. The van der Waals surface area contributed by atoms with Gasteiger partial charge in [-0.2, -0.15) is 0 Å². The summed E-state index contributed by atoms with van der Waals surface area (Å²) in [5, 5.41) is 27.0. The highest BCUT2D eigenvalue weighted by atomic mass is 35.5. The van der Waals surface area contributed by atoms with Gasteiger partial charge in [-0.05, 0) is 30.4 Å². The molecule has 31 heavy (non-hydrogen) atoms. The Morgan fingerprint density at radius 1 is 1.32 bits per heavy atom. The molecule has 1 unspecified atom stereocenters. The molecule has 11 heteroatoms. The summed E-state index contributed by atoms with van der Waals surface area (Å²) in [4.78, 5) is 26.6. The van der Waals surface area contributed by atoms with Crippen molar-refractivity contribution < 1.29 is 15.0 Å². The van der Waals surface area contributed by atoms with Crippen LogP contribution in [0.5, 0.6) is 0 Å². The monoisotopic (exact) mass is 458 g/mol. The van der Waals surface area contributed by atoms with E-state index in [2.05, 4.69) is 37.4 Å². The number of aliphatic hydroxyl groups is 2. The maximum absolute atomic E-state index is 12.4. The van der Waals surface area contributed by atoms with Crippen molar-refractivity contribution in [1.82, 2.24) is 24.8 Å². The average Bonchev–Trinajstić information content (AvgIpc) is 3.02. The molecule has 2 saturated carbocycles. The first-order valence-electron chi connectivity index (χ1n) is 9.68. The molecule has 9 nitrogen and oxygen atoms in total. The minimum atomic E-state index is -1.16. The van der Waals surface area contributed by atoms with E-state index in [4.69, 9.17) is 11.6 Å². The smallest absolute Gasteiger partial charge is 0.229 e. The van der Waals surface area contributed by atoms with E-state index in [9.17, 15) is 15.0 Å². The Kier molecular flexibility index (Phi) is 4.67. The second kappa shape index (κ2) is 7.17. The van der Waals surface area contributed by atoms with Gasteiger partial charge in [-0.25, -0.2) is 15.0 Å². The van der Waals surface area contributed by atoms with Gasteiger partial charge in [0.1, 0.15) is 6.10 Å². The Bertz CT molecular complexity index is 1260. The van der Waals surface area contributed by atoms with E-state index in [1.54, 1.807) is 24.0 Å². The third-order valence-corrected chi connectivity index (χ3v) is 7.32. The van der Waals surface area contributed by atoms with E-state index in [0.29, 0.717) is 27.7 Å². The number of carbonyl (C=O) groups is 1. The second-order valence-electron chi connectivity index (χ2n) is 7.68. The summed E-state index contributed by atoms with van der Waals surface area (Å²) in [7, 11) is 3.26. The molecular formula is C20H19ClN6O3S. The van der Waals surface area contributed by atoms with E-state index in [1.165, 1.54) is 18.4 Å². The van der Waals surface area contributed by atoms with Gasteiger partial charge in [0.2, 0.25) is 11.7 Å².